The number of rotatable bonds is 7. The van der Waals surface area contributed by atoms with Gasteiger partial charge in [-0.1, -0.05) is 24.3 Å². The van der Waals surface area contributed by atoms with E-state index in [2.05, 4.69) is 42.2 Å². The minimum atomic E-state index is -0.172. The molecular formula is C29H30N6OS. The highest BCUT2D eigenvalue weighted by Crippen LogP contribution is 2.39. The van der Waals surface area contributed by atoms with Crippen LogP contribution in [0.2, 0.25) is 0 Å². The number of anilines is 1. The van der Waals surface area contributed by atoms with E-state index in [-0.39, 0.29) is 18.0 Å². The Kier molecular flexibility index (Phi) is 7.01. The maximum Gasteiger partial charge on any atom is 0.226 e. The van der Waals surface area contributed by atoms with Crippen molar-refractivity contribution in [1.82, 2.24) is 24.8 Å². The van der Waals surface area contributed by atoms with Gasteiger partial charge in [-0.3, -0.25) is 9.78 Å². The molecule has 37 heavy (non-hydrogen) atoms. The molecule has 0 radical (unpaired) electrons. The average molecular weight is 511 g/mol. The van der Waals surface area contributed by atoms with Crippen molar-refractivity contribution in [3.05, 3.63) is 107 Å². The molecule has 4 heterocycles. The van der Waals surface area contributed by atoms with E-state index in [1.165, 1.54) is 0 Å². The summed E-state index contributed by atoms with van der Waals surface area (Å²) in [5.41, 5.74) is 6.00. The predicted molar refractivity (Wildman–Crippen MR) is 150 cm³/mol. The van der Waals surface area contributed by atoms with Crippen LogP contribution in [0.5, 0.6) is 0 Å². The van der Waals surface area contributed by atoms with Crippen LogP contribution in [-0.2, 0) is 4.79 Å². The number of amides is 1. The van der Waals surface area contributed by atoms with Crippen LogP contribution in [0.1, 0.15) is 46.6 Å². The van der Waals surface area contributed by atoms with Crippen molar-refractivity contribution in [3.8, 4) is 5.82 Å². The van der Waals surface area contributed by atoms with Crippen molar-refractivity contribution in [2.75, 3.05) is 11.9 Å². The first-order valence-electron chi connectivity index (χ1n) is 12.4. The molecule has 5 rings (SSSR count). The van der Waals surface area contributed by atoms with Gasteiger partial charge in [-0.2, -0.15) is 0 Å². The third kappa shape index (κ3) is 5.24. The van der Waals surface area contributed by atoms with Gasteiger partial charge >= 0.3 is 0 Å². The van der Waals surface area contributed by atoms with Crippen LogP contribution in [-0.4, -0.2) is 37.0 Å². The van der Waals surface area contributed by atoms with Crippen LogP contribution >= 0.6 is 12.2 Å². The minimum Gasteiger partial charge on any atom is -0.352 e. The normalized spacial score (nSPS) is 17.1. The zero-order valence-electron chi connectivity index (χ0n) is 21.2. The smallest absolute Gasteiger partial charge is 0.226 e. The zero-order valence-corrected chi connectivity index (χ0v) is 22.0. The predicted octanol–water partition coefficient (Wildman–Crippen LogP) is 5.19. The Hall–Kier alpha value is -4.04. The Labute approximate surface area is 222 Å². The summed E-state index contributed by atoms with van der Waals surface area (Å²) in [6, 6.07) is 19.8. The number of aromatic nitrogens is 3. The van der Waals surface area contributed by atoms with Gasteiger partial charge in [-0.05, 0) is 86.1 Å². The van der Waals surface area contributed by atoms with Crippen molar-refractivity contribution in [2.24, 2.45) is 0 Å². The largest absolute Gasteiger partial charge is 0.352 e. The highest BCUT2D eigenvalue weighted by molar-refractivity contribution is 7.80. The van der Waals surface area contributed by atoms with Crippen LogP contribution in [0.15, 0.2) is 79.3 Å². The SMILES string of the molecule is Cc1ccc(-n2cccc2[C@@H]2[C@H](c3ccccn3)NC(=S)N2CCC(=O)Nc2cc(C)ccc2C)nc1. The third-order valence-corrected chi connectivity index (χ3v) is 7.02. The van der Waals surface area contributed by atoms with E-state index in [4.69, 9.17) is 12.2 Å². The molecule has 1 aliphatic rings. The second kappa shape index (κ2) is 10.5. The molecule has 7 nitrogen and oxygen atoms in total. The monoisotopic (exact) mass is 510 g/mol. The summed E-state index contributed by atoms with van der Waals surface area (Å²) in [4.78, 5) is 24.3. The Bertz CT molecular complexity index is 1420. The molecule has 3 aromatic heterocycles. The van der Waals surface area contributed by atoms with Gasteiger partial charge in [0.25, 0.3) is 0 Å². The van der Waals surface area contributed by atoms with Crippen molar-refractivity contribution in [1.29, 1.82) is 0 Å². The lowest BCUT2D eigenvalue weighted by molar-refractivity contribution is -0.116. The topological polar surface area (TPSA) is 75.1 Å². The fraction of sp³-hybridized carbons (Fsp3) is 0.241. The van der Waals surface area contributed by atoms with Crippen molar-refractivity contribution in [2.45, 2.75) is 39.3 Å². The fourth-order valence-corrected chi connectivity index (χ4v) is 5.05. The number of nitrogens with one attached hydrogen (secondary N) is 2. The van der Waals surface area contributed by atoms with E-state index >= 15 is 0 Å². The second-order valence-corrected chi connectivity index (χ2v) is 9.82. The third-order valence-electron chi connectivity index (χ3n) is 6.67. The molecule has 0 saturated carbocycles. The summed E-state index contributed by atoms with van der Waals surface area (Å²) < 4.78 is 2.08. The van der Waals surface area contributed by atoms with Crippen LogP contribution in [0, 0.1) is 20.8 Å². The van der Waals surface area contributed by atoms with E-state index in [1.807, 2.05) is 81.7 Å². The first-order chi connectivity index (χ1) is 17.9. The minimum absolute atomic E-state index is 0.0490. The van der Waals surface area contributed by atoms with E-state index in [0.29, 0.717) is 18.1 Å². The summed E-state index contributed by atoms with van der Waals surface area (Å²) >= 11 is 5.80. The van der Waals surface area contributed by atoms with Gasteiger partial charge in [0.15, 0.2) is 5.11 Å². The molecule has 1 amide bonds. The van der Waals surface area contributed by atoms with Crippen molar-refractivity contribution < 1.29 is 4.79 Å². The van der Waals surface area contributed by atoms with Crippen LogP contribution in [0.4, 0.5) is 5.69 Å². The molecule has 0 spiro atoms. The lowest BCUT2D eigenvalue weighted by atomic mass is 10.0. The number of hydrogen-bond acceptors (Lipinski definition) is 4. The molecule has 0 bridgehead atoms. The number of carbonyl (C=O) groups is 1. The molecule has 0 aliphatic carbocycles. The Morgan fingerprint density at radius 3 is 2.62 bits per heavy atom. The summed E-state index contributed by atoms with van der Waals surface area (Å²) in [7, 11) is 0. The molecule has 0 unspecified atom stereocenters. The highest BCUT2D eigenvalue weighted by atomic mass is 32.1. The van der Waals surface area contributed by atoms with Gasteiger partial charge in [0.2, 0.25) is 5.91 Å². The molecule has 4 aromatic rings. The molecule has 1 fully saturated rings. The van der Waals surface area contributed by atoms with Gasteiger partial charge in [0, 0.05) is 42.9 Å². The lowest BCUT2D eigenvalue weighted by Crippen LogP contribution is -2.33. The van der Waals surface area contributed by atoms with E-state index in [0.717, 1.165) is 39.6 Å². The Morgan fingerprint density at radius 1 is 1.03 bits per heavy atom. The molecule has 8 heteroatoms. The first kappa shape index (κ1) is 24.6. The van der Waals surface area contributed by atoms with Gasteiger partial charge in [0.1, 0.15) is 5.82 Å². The molecule has 1 aliphatic heterocycles. The van der Waals surface area contributed by atoms with E-state index in [9.17, 15) is 4.79 Å². The van der Waals surface area contributed by atoms with Crippen molar-refractivity contribution in [3.63, 3.8) is 0 Å². The second-order valence-electron chi connectivity index (χ2n) is 9.43. The Morgan fingerprint density at radius 2 is 1.86 bits per heavy atom. The summed E-state index contributed by atoms with van der Waals surface area (Å²) in [6.07, 6.45) is 5.96. The summed E-state index contributed by atoms with van der Waals surface area (Å²) in [6.45, 7) is 6.50. The first-order valence-corrected chi connectivity index (χ1v) is 12.8. The van der Waals surface area contributed by atoms with Crippen LogP contribution in [0.25, 0.3) is 5.82 Å². The van der Waals surface area contributed by atoms with Gasteiger partial charge in [0.05, 0.1) is 17.8 Å². The average Bonchev–Trinajstić information content (AvgIpc) is 3.50. The zero-order chi connectivity index (χ0) is 25.9. The van der Waals surface area contributed by atoms with Gasteiger partial charge < -0.3 is 20.1 Å². The van der Waals surface area contributed by atoms with Crippen LogP contribution < -0.4 is 10.6 Å². The highest BCUT2D eigenvalue weighted by Gasteiger charge is 2.41. The standard InChI is InChI=1S/C29H30N6OS/c1-19-9-11-21(3)23(17-19)32-26(36)13-16-35-28(27(33-29(35)37)22-7-4-5-14-30-22)24-8-6-15-34(24)25-12-10-20(2)18-31-25/h4-12,14-15,17-18,27-28H,13,16H2,1-3H3,(H,32,36)(H,33,37)/t27-,28+/m0/s1. The molecule has 1 saturated heterocycles. The maximum absolute atomic E-state index is 13.0. The maximum atomic E-state index is 13.0. The number of hydrogen-bond donors (Lipinski definition) is 2. The number of carbonyl (C=O) groups excluding carboxylic acids is 1. The number of benzene rings is 1. The van der Waals surface area contributed by atoms with Gasteiger partial charge in [-0.15, -0.1) is 0 Å². The molecule has 188 valence electrons. The number of aryl methyl sites for hydroxylation is 3. The molecule has 2 N–H and O–H groups in total. The van der Waals surface area contributed by atoms with Crippen LogP contribution in [0.3, 0.4) is 0 Å². The molecular weight excluding hydrogens is 480 g/mol. The molecule has 2 atom stereocenters. The van der Waals surface area contributed by atoms with E-state index in [1.54, 1.807) is 6.20 Å². The lowest BCUT2D eigenvalue weighted by Gasteiger charge is -2.28. The number of nitrogens with zero attached hydrogens (tertiary/aromatic N) is 4. The molecule has 1 aromatic carbocycles. The fourth-order valence-electron chi connectivity index (χ4n) is 4.72. The number of thiocarbonyl (C=S) groups is 1. The van der Waals surface area contributed by atoms with Crippen molar-refractivity contribution >= 4 is 28.9 Å². The summed E-state index contributed by atoms with van der Waals surface area (Å²) in [5, 5.41) is 7.14. The van der Waals surface area contributed by atoms with E-state index < -0.39 is 0 Å². The van der Waals surface area contributed by atoms with Gasteiger partial charge in [-0.25, -0.2) is 4.98 Å². The summed E-state index contributed by atoms with van der Waals surface area (Å²) in [5.74, 6) is 0.780. The Balaban J connectivity index is 1.44. The number of pyridine rings is 2. The quantitative estimate of drug-likeness (QED) is 0.333.